The molecule has 0 saturated carbocycles. The number of amides is 3. The predicted octanol–water partition coefficient (Wildman–Crippen LogP) is 2.17. The molecule has 0 fully saturated rings. The number of hydrogen-bond acceptors (Lipinski definition) is 3. The van der Waals surface area contributed by atoms with E-state index in [9.17, 15) is 27.6 Å². The van der Waals surface area contributed by atoms with Crippen molar-refractivity contribution in [2.75, 3.05) is 11.9 Å². The van der Waals surface area contributed by atoms with Gasteiger partial charge in [-0.2, -0.15) is 13.2 Å². The Morgan fingerprint density at radius 1 is 0.846 bits per heavy atom. The van der Waals surface area contributed by atoms with Gasteiger partial charge in [-0.1, -0.05) is 0 Å². The zero-order valence-electron chi connectivity index (χ0n) is 13.3. The summed E-state index contributed by atoms with van der Waals surface area (Å²) in [4.78, 5) is 34.4. The summed E-state index contributed by atoms with van der Waals surface area (Å²) in [5.41, 5.74) is 4.73. The average molecular weight is 365 g/mol. The molecule has 3 amide bonds. The maximum absolute atomic E-state index is 12.5. The van der Waals surface area contributed by atoms with E-state index in [1.54, 1.807) is 0 Å². The van der Waals surface area contributed by atoms with Gasteiger partial charge in [0.05, 0.1) is 12.1 Å². The van der Waals surface area contributed by atoms with Crippen molar-refractivity contribution in [2.45, 2.75) is 6.18 Å². The van der Waals surface area contributed by atoms with Crippen LogP contribution in [-0.2, 0) is 11.0 Å². The van der Waals surface area contributed by atoms with Crippen molar-refractivity contribution in [3.05, 3.63) is 65.2 Å². The van der Waals surface area contributed by atoms with E-state index in [-0.39, 0.29) is 17.7 Å². The Hall–Kier alpha value is -3.36. The first kappa shape index (κ1) is 19.0. The zero-order valence-corrected chi connectivity index (χ0v) is 13.3. The number of carbonyl (C=O) groups is 3. The van der Waals surface area contributed by atoms with E-state index in [4.69, 9.17) is 5.73 Å². The molecule has 0 aromatic heterocycles. The lowest BCUT2D eigenvalue weighted by molar-refractivity contribution is -0.137. The maximum atomic E-state index is 12.5. The number of nitrogens with one attached hydrogen (secondary N) is 2. The number of benzene rings is 2. The Bertz CT molecular complexity index is 816. The summed E-state index contributed by atoms with van der Waals surface area (Å²) in [5, 5.41) is 4.82. The number of anilines is 1. The molecule has 0 atom stereocenters. The lowest BCUT2D eigenvalue weighted by Crippen LogP contribution is -2.33. The number of rotatable bonds is 5. The Kier molecular flexibility index (Phi) is 5.61. The van der Waals surface area contributed by atoms with Gasteiger partial charge in [-0.25, -0.2) is 0 Å². The summed E-state index contributed by atoms with van der Waals surface area (Å²) in [5.74, 6) is -1.78. The highest BCUT2D eigenvalue weighted by molar-refractivity contribution is 6.04. The Balaban J connectivity index is 2.01. The van der Waals surface area contributed by atoms with E-state index in [1.807, 2.05) is 0 Å². The quantitative estimate of drug-likeness (QED) is 0.757. The molecule has 6 nitrogen and oxygen atoms in total. The first-order valence-corrected chi connectivity index (χ1v) is 7.32. The number of hydrogen-bond donors (Lipinski definition) is 3. The van der Waals surface area contributed by atoms with E-state index in [1.165, 1.54) is 24.3 Å². The lowest BCUT2D eigenvalue weighted by atomic mass is 10.1. The van der Waals surface area contributed by atoms with Gasteiger partial charge < -0.3 is 16.4 Å². The fraction of sp³-hybridized carbons (Fsp3) is 0.118. The first-order valence-electron chi connectivity index (χ1n) is 7.32. The van der Waals surface area contributed by atoms with E-state index < -0.39 is 29.5 Å². The van der Waals surface area contributed by atoms with Crippen molar-refractivity contribution >= 4 is 23.4 Å². The normalized spacial score (nSPS) is 10.9. The number of alkyl halides is 3. The summed E-state index contributed by atoms with van der Waals surface area (Å²) in [6.07, 6.45) is -4.47. The third kappa shape index (κ3) is 5.07. The molecule has 0 bridgehead atoms. The van der Waals surface area contributed by atoms with Crippen LogP contribution in [0.1, 0.15) is 26.3 Å². The topological polar surface area (TPSA) is 101 Å². The predicted molar refractivity (Wildman–Crippen MR) is 87.4 cm³/mol. The van der Waals surface area contributed by atoms with E-state index in [0.717, 1.165) is 24.3 Å². The minimum absolute atomic E-state index is 0.0567. The monoisotopic (exact) mass is 365 g/mol. The molecule has 0 saturated heterocycles. The molecular formula is C17H14F3N3O3. The maximum Gasteiger partial charge on any atom is 0.416 e. The van der Waals surface area contributed by atoms with Gasteiger partial charge >= 0.3 is 6.18 Å². The molecule has 0 unspecified atom stereocenters. The SMILES string of the molecule is NC(=O)CNC(=O)c1ccc(NC(=O)c2ccc(C(F)(F)F)cc2)cc1. The number of nitrogens with two attached hydrogens (primary N) is 1. The molecule has 0 aliphatic rings. The largest absolute Gasteiger partial charge is 0.416 e. The molecule has 26 heavy (non-hydrogen) atoms. The highest BCUT2D eigenvalue weighted by Crippen LogP contribution is 2.29. The molecule has 0 aliphatic carbocycles. The second-order valence-electron chi connectivity index (χ2n) is 5.26. The second kappa shape index (κ2) is 7.68. The second-order valence-corrected chi connectivity index (χ2v) is 5.26. The van der Waals surface area contributed by atoms with Gasteiger partial charge in [0.25, 0.3) is 11.8 Å². The van der Waals surface area contributed by atoms with Crippen molar-refractivity contribution in [3.8, 4) is 0 Å². The third-order valence-electron chi connectivity index (χ3n) is 3.30. The first-order chi connectivity index (χ1) is 12.2. The fourth-order valence-electron chi connectivity index (χ4n) is 1.99. The van der Waals surface area contributed by atoms with Crippen molar-refractivity contribution in [1.82, 2.24) is 5.32 Å². The Morgan fingerprint density at radius 2 is 1.35 bits per heavy atom. The Labute approximate surface area is 146 Å². The molecule has 0 radical (unpaired) electrons. The average Bonchev–Trinajstić information content (AvgIpc) is 2.59. The van der Waals surface area contributed by atoms with Crippen LogP contribution >= 0.6 is 0 Å². The third-order valence-corrected chi connectivity index (χ3v) is 3.30. The minimum atomic E-state index is -4.47. The van der Waals surface area contributed by atoms with Crippen LogP contribution in [0.3, 0.4) is 0 Å². The van der Waals surface area contributed by atoms with Crippen LogP contribution in [0, 0.1) is 0 Å². The van der Waals surface area contributed by atoms with Crippen molar-refractivity contribution in [3.63, 3.8) is 0 Å². The van der Waals surface area contributed by atoms with E-state index >= 15 is 0 Å². The van der Waals surface area contributed by atoms with Crippen molar-refractivity contribution in [2.24, 2.45) is 5.73 Å². The minimum Gasteiger partial charge on any atom is -0.368 e. The lowest BCUT2D eigenvalue weighted by Gasteiger charge is -2.09. The van der Waals surface area contributed by atoms with Gasteiger partial charge in [0.1, 0.15) is 0 Å². The van der Waals surface area contributed by atoms with Crippen LogP contribution in [0.2, 0.25) is 0 Å². The molecular weight excluding hydrogens is 351 g/mol. The summed E-state index contributed by atoms with van der Waals surface area (Å²) < 4.78 is 37.5. The summed E-state index contributed by atoms with van der Waals surface area (Å²) in [7, 11) is 0. The molecule has 2 aromatic rings. The van der Waals surface area contributed by atoms with Crippen LogP contribution in [0.4, 0.5) is 18.9 Å². The smallest absolute Gasteiger partial charge is 0.368 e. The van der Waals surface area contributed by atoms with Gasteiger partial charge in [-0.15, -0.1) is 0 Å². The number of carbonyl (C=O) groups excluding carboxylic acids is 3. The summed E-state index contributed by atoms with van der Waals surface area (Å²) in [6.45, 7) is -0.300. The Morgan fingerprint density at radius 3 is 1.85 bits per heavy atom. The highest BCUT2D eigenvalue weighted by Gasteiger charge is 2.30. The zero-order chi connectivity index (χ0) is 19.3. The van der Waals surface area contributed by atoms with Crippen LogP contribution in [0.25, 0.3) is 0 Å². The van der Waals surface area contributed by atoms with Crippen LogP contribution in [0.5, 0.6) is 0 Å². The molecule has 2 aromatic carbocycles. The highest BCUT2D eigenvalue weighted by atomic mass is 19.4. The van der Waals surface area contributed by atoms with E-state index in [0.29, 0.717) is 5.69 Å². The molecule has 9 heteroatoms. The van der Waals surface area contributed by atoms with Crippen molar-refractivity contribution < 1.29 is 27.6 Å². The fourth-order valence-corrected chi connectivity index (χ4v) is 1.99. The molecule has 0 aliphatic heterocycles. The molecule has 0 heterocycles. The number of primary amides is 1. The standard InChI is InChI=1S/C17H14F3N3O3/c18-17(19,20)12-5-1-11(2-6-12)16(26)23-13-7-3-10(4-8-13)15(25)22-9-14(21)24/h1-8H,9H2,(H2,21,24)(H,22,25)(H,23,26). The molecule has 0 spiro atoms. The summed E-state index contributed by atoms with van der Waals surface area (Å²) in [6, 6.07) is 9.51. The van der Waals surface area contributed by atoms with Crippen LogP contribution < -0.4 is 16.4 Å². The van der Waals surface area contributed by atoms with Gasteiger partial charge in [0.15, 0.2) is 0 Å². The van der Waals surface area contributed by atoms with Gasteiger partial charge in [0.2, 0.25) is 5.91 Å². The van der Waals surface area contributed by atoms with Crippen molar-refractivity contribution in [1.29, 1.82) is 0 Å². The molecule has 2 rings (SSSR count). The van der Waals surface area contributed by atoms with Gasteiger partial charge in [-0.05, 0) is 48.5 Å². The van der Waals surface area contributed by atoms with Crippen LogP contribution in [0.15, 0.2) is 48.5 Å². The van der Waals surface area contributed by atoms with E-state index in [2.05, 4.69) is 10.6 Å². The number of halogens is 3. The molecule has 136 valence electrons. The molecule has 4 N–H and O–H groups in total. The summed E-state index contributed by atoms with van der Waals surface area (Å²) >= 11 is 0. The van der Waals surface area contributed by atoms with Gasteiger partial charge in [-0.3, -0.25) is 14.4 Å². The van der Waals surface area contributed by atoms with Crippen LogP contribution in [-0.4, -0.2) is 24.3 Å². The van der Waals surface area contributed by atoms with Gasteiger partial charge in [0, 0.05) is 16.8 Å².